The van der Waals surface area contributed by atoms with Gasteiger partial charge in [-0.3, -0.25) is 0 Å². The fourth-order valence-corrected chi connectivity index (χ4v) is 2.59. The molecule has 2 aromatic carbocycles. The lowest BCUT2D eigenvalue weighted by atomic mass is 9.97. The molecule has 0 saturated carbocycles. The zero-order valence-electron chi connectivity index (χ0n) is 13.2. The molecular weight excluding hydrogens is 258 g/mol. The first-order valence-electron chi connectivity index (χ1n) is 7.74. The maximum absolute atomic E-state index is 5.24. The molecule has 2 heteroatoms. The van der Waals surface area contributed by atoms with E-state index in [0.29, 0.717) is 0 Å². The molecule has 2 aromatic rings. The third kappa shape index (κ3) is 4.08. The fraction of sp³-hybridized carbons (Fsp3) is 0.368. The molecule has 0 aromatic heterocycles. The van der Waals surface area contributed by atoms with Crippen molar-refractivity contribution < 1.29 is 4.74 Å². The van der Waals surface area contributed by atoms with Crippen molar-refractivity contribution in [1.29, 1.82) is 0 Å². The van der Waals surface area contributed by atoms with Crippen molar-refractivity contribution in [3.8, 4) is 5.75 Å². The summed E-state index contributed by atoms with van der Waals surface area (Å²) in [4.78, 5) is 0. The van der Waals surface area contributed by atoms with E-state index in [1.54, 1.807) is 7.11 Å². The number of rotatable bonds is 7. The van der Waals surface area contributed by atoms with E-state index in [4.69, 9.17) is 4.74 Å². The fourth-order valence-electron chi connectivity index (χ4n) is 2.59. The van der Waals surface area contributed by atoms with Gasteiger partial charge in [0.15, 0.2) is 0 Å². The summed E-state index contributed by atoms with van der Waals surface area (Å²) in [5, 5.41) is 3.56. The zero-order chi connectivity index (χ0) is 15.1. The van der Waals surface area contributed by atoms with Crippen molar-refractivity contribution in [3.63, 3.8) is 0 Å². The van der Waals surface area contributed by atoms with Crippen LogP contribution in [0, 0.1) is 0 Å². The average Bonchev–Trinajstić information content (AvgIpc) is 2.54. The van der Waals surface area contributed by atoms with Crippen LogP contribution in [0.2, 0.25) is 0 Å². The Kier molecular flexibility index (Phi) is 5.82. The quantitative estimate of drug-likeness (QED) is 0.816. The van der Waals surface area contributed by atoms with E-state index in [1.807, 2.05) is 12.1 Å². The van der Waals surface area contributed by atoms with Gasteiger partial charge in [0.2, 0.25) is 0 Å². The molecule has 0 radical (unpaired) electrons. The van der Waals surface area contributed by atoms with Gasteiger partial charge in [0.1, 0.15) is 5.75 Å². The van der Waals surface area contributed by atoms with E-state index in [-0.39, 0.29) is 6.04 Å². The minimum atomic E-state index is 0.233. The van der Waals surface area contributed by atoms with E-state index < -0.39 is 0 Å². The highest BCUT2D eigenvalue weighted by Crippen LogP contribution is 2.24. The van der Waals surface area contributed by atoms with Gasteiger partial charge in [-0.25, -0.2) is 0 Å². The van der Waals surface area contributed by atoms with E-state index in [2.05, 4.69) is 55.6 Å². The van der Waals surface area contributed by atoms with Gasteiger partial charge in [-0.1, -0.05) is 56.7 Å². The van der Waals surface area contributed by atoms with Gasteiger partial charge in [-0.15, -0.1) is 0 Å². The summed E-state index contributed by atoms with van der Waals surface area (Å²) in [5.74, 6) is 0.896. The van der Waals surface area contributed by atoms with Crippen LogP contribution in [0.5, 0.6) is 5.75 Å². The maximum Gasteiger partial charge on any atom is 0.118 e. The first kappa shape index (κ1) is 15.6. The molecule has 0 heterocycles. The molecule has 0 amide bonds. The van der Waals surface area contributed by atoms with Crippen LogP contribution >= 0.6 is 0 Å². The predicted molar refractivity (Wildman–Crippen MR) is 89.0 cm³/mol. The largest absolute Gasteiger partial charge is 0.497 e. The van der Waals surface area contributed by atoms with Crippen LogP contribution in [-0.4, -0.2) is 13.7 Å². The average molecular weight is 283 g/mol. The molecule has 0 saturated heterocycles. The van der Waals surface area contributed by atoms with Crippen LogP contribution in [0.15, 0.2) is 48.5 Å². The number of hydrogen-bond donors (Lipinski definition) is 1. The molecule has 0 aliphatic carbocycles. The minimum Gasteiger partial charge on any atom is -0.497 e. The lowest BCUT2D eigenvalue weighted by Crippen LogP contribution is -2.21. The molecule has 2 rings (SSSR count). The molecule has 21 heavy (non-hydrogen) atoms. The van der Waals surface area contributed by atoms with Gasteiger partial charge in [-0.05, 0) is 41.8 Å². The Morgan fingerprint density at radius 3 is 1.95 bits per heavy atom. The minimum absolute atomic E-state index is 0.233. The van der Waals surface area contributed by atoms with Crippen molar-refractivity contribution in [2.45, 2.75) is 32.7 Å². The highest BCUT2D eigenvalue weighted by molar-refractivity contribution is 5.36. The number of aryl methyl sites for hydroxylation is 1. The molecule has 1 N–H and O–H groups in total. The molecule has 1 atom stereocenters. The summed E-state index contributed by atoms with van der Waals surface area (Å²) < 4.78 is 5.24. The summed E-state index contributed by atoms with van der Waals surface area (Å²) in [6.45, 7) is 5.29. The van der Waals surface area contributed by atoms with Crippen LogP contribution in [0.25, 0.3) is 0 Å². The topological polar surface area (TPSA) is 21.3 Å². The van der Waals surface area contributed by atoms with Crippen LogP contribution in [0.4, 0.5) is 0 Å². The lowest BCUT2D eigenvalue weighted by Gasteiger charge is -2.19. The summed E-state index contributed by atoms with van der Waals surface area (Å²) in [6, 6.07) is 17.5. The van der Waals surface area contributed by atoms with Gasteiger partial charge >= 0.3 is 0 Å². The van der Waals surface area contributed by atoms with Gasteiger partial charge in [-0.2, -0.15) is 0 Å². The van der Waals surface area contributed by atoms with Crippen LogP contribution in [-0.2, 0) is 6.42 Å². The number of ether oxygens (including phenoxy) is 1. The Morgan fingerprint density at radius 1 is 0.905 bits per heavy atom. The predicted octanol–water partition coefficient (Wildman–Crippen LogP) is 4.35. The Morgan fingerprint density at radius 2 is 1.48 bits per heavy atom. The highest BCUT2D eigenvalue weighted by Gasteiger charge is 2.12. The molecule has 2 nitrogen and oxygen atoms in total. The first-order chi connectivity index (χ1) is 10.3. The smallest absolute Gasteiger partial charge is 0.118 e. The number of benzene rings is 2. The monoisotopic (exact) mass is 283 g/mol. The van der Waals surface area contributed by atoms with Gasteiger partial charge in [0.05, 0.1) is 13.2 Å². The maximum atomic E-state index is 5.24. The van der Waals surface area contributed by atoms with Crippen LogP contribution in [0.1, 0.15) is 43.0 Å². The second kappa shape index (κ2) is 7.84. The molecule has 1 unspecified atom stereocenters. The Labute approximate surface area is 128 Å². The zero-order valence-corrected chi connectivity index (χ0v) is 13.2. The molecule has 0 fully saturated rings. The lowest BCUT2D eigenvalue weighted by molar-refractivity contribution is 0.414. The Hall–Kier alpha value is -1.80. The Bertz CT molecular complexity index is 530. The summed E-state index contributed by atoms with van der Waals surface area (Å²) in [6.07, 6.45) is 2.34. The molecule has 0 bridgehead atoms. The molecular formula is C19H25NO. The normalized spacial score (nSPS) is 12.1. The van der Waals surface area contributed by atoms with Crippen molar-refractivity contribution in [2.24, 2.45) is 0 Å². The van der Waals surface area contributed by atoms with Crippen LogP contribution < -0.4 is 10.1 Å². The van der Waals surface area contributed by atoms with Crippen molar-refractivity contribution in [2.75, 3.05) is 13.7 Å². The molecule has 0 aliphatic rings. The van der Waals surface area contributed by atoms with Crippen molar-refractivity contribution >= 4 is 0 Å². The first-order valence-corrected chi connectivity index (χ1v) is 7.74. The highest BCUT2D eigenvalue weighted by atomic mass is 16.5. The van der Waals surface area contributed by atoms with E-state index >= 15 is 0 Å². The Balaban J connectivity index is 2.24. The second-order valence-corrected chi connectivity index (χ2v) is 5.26. The third-order valence-electron chi connectivity index (χ3n) is 3.71. The SMILES string of the molecule is CCCc1ccc(C(NCC)c2ccc(OC)cc2)cc1. The standard InChI is InChI=1S/C19H25NO/c1-4-6-15-7-9-16(10-8-15)19(20-5-2)17-11-13-18(21-3)14-12-17/h7-14,19-20H,4-6H2,1-3H3. The molecule has 0 spiro atoms. The van der Waals surface area contributed by atoms with Gasteiger partial charge in [0, 0.05) is 0 Å². The number of nitrogens with one attached hydrogen (secondary N) is 1. The van der Waals surface area contributed by atoms with E-state index in [1.165, 1.54) is 23.1 Å². The van der Waals surface area contributed by atoms with Crippen LogP contribution in [0.3, 0.4) is 0 Å². The van der Waals surface area contributed by atoms with Crippen molar-refractivity contribution in [3.05, 3.63) is 65.2 Å². The molecule has 112 valence electrons. The van der Waals surface area contributed by atoms with Gasteiger partial charge in [0.25, 0.3) is 0 Å². The summed E-state index contributed by atoms with van der Waals surface area (Å²) in [7, 11) is 1.70. The number of hydrogen-bond acceptors (Lipinski definition) is 2. The van der Waals surface area contributed by atoms with E-state index in [9.17, 15) is 0 Å². The number of methoxy groups -OCH3 is 1. The summed E-state index contributed by atoms with van der Waals surface area (Å²) in [5.41, 5.74) is 3.98. The molecule has 0 aliphatic heterocycles. The summed E-state index contributed by atoms with van der Waals surface area (Å²) >= 11 is 0. The second-order valence-electron chi connectivity index (χ2n) is 5.26. The van der Waals surface area contributed by atoms with Gasteiger partial charge < -0.3 is 10.1 Å². The third-order valence-corrected chi connectivity index (χ3v) is 3.71. The van der Waals surface area contributed by atoms with E-state index in [0.717, 1.165) is 18.7 Å². The van der Waals surface area contributed by atoms with Crippen molar-refractivity contribution in [1.82, 2.24) is 5.32 Å².